The fourth-order valence-corrected chi connectivity index (χ4v) is 2.27. The zero-order chi connectivity index (χ0) is 13.7. The summed E-state index contributed by atoms with van der Waals surface area (Å²) in [7, 11) is 1.97. The predicted octanol–water partition coefficient (Wildman–Crippen LogP) is 2.97. The average molecular weight is 255 g/mol. The van der Waals surface area contributed by atoms with E-state index in [0.29, 0.717) is 0 Å². The van der Waals surface area contributed by atoms with Crippen LogP contribution in [0.4, 0.5) is 5.82 Å². The summed E-state index contributed by atoms with van der Waals surface area (Å²) in [5.74, 6) is 1.02. The molecule has 19 heavy (non-hydrogen) atoms. The molecule has 0 bridgehead atoms. The monoisotopic (exact) mass is 255 g/mol. The fraction of sp³-hybridized carbons (Fsp3) is 0.312. The van der Waals surface area contributed by atoms with Crippen molar-refractivity contribution in [3.8, 4) is 0 Å². The molecule has 0 unspecified atom stereocenters. The summed E-state index contributed by atoms with van der Waals surface area (Å²) in [5, 5.41) is 4.44. The Bertz CT molecular complexity index is 563. The maximum absolute atomic E-state index is 4.76. The molecule has 1 N–H and O–H groups in total. The molecule has 0 amide bonds. The Hall–Kier alpha value is -1.87. The molecule has 2 aromatic rings. The summed E-state index contributed by atoms with van der Waals surface area (Å²) in [4.78, 5) is 6.98. The minimum atomic E-state index is 0.820. The zero-order valence-electron chi connectivity index (χ0n) is 11.7. The minimum absolute atomic E-state index is 0.820. The lowest BCUT2D eigenvalue weighted by Crippen LogP contribution is -2.24. The van der Waals surface area contributed by atoms with Gasteiger partial charge in [0.05, 0.1) is 5.52 Å². The summed E-state index contributed by atoms with van der Waals surface area (Å²) in [6, 6.07) is 10.5. The molecule has 3 nitrogen and oxygen atoms in total. The van der Waals surface area contributed by atoms with Gasteiger partial charge in [-0.1, -0.05) is 24.3 Å². The van der Waals surface area contributed by atoms with Gasteiger partial charge in [-0.2, -0.15) is 0 Å². The second-order valence-corrected chi connectivity index (χ2v) is 4.51. The van der Waals surface area contributed by atoms with Gasteiger partial charge >= 0.3 is 0 Å². The van der Waals surface area contributed by atoms with E-state index in [1.807, 2.05) is 19.2 Å². The lowest BCUT2D eigenvalue weighted by Gasteiger charge is -2.21. The third-order valence-electron chi connectivity index (χ3n) is 3.21. The highest BCUT2D eigenvalue weighted by atomic mass is 15.2. The molecule has 0 atom stereocenters. The molecule has 0 aliphatic rings. The predicted molar refractivity (Wildman–Crippen MR) is 82.6 cm³/mol. The standard InChI is InChI=1S/C16H21N3/c1-4-10-19(5-2)16-11-13(12-17-3)14-8-6-7-9-15(14)18-16/h4,6-9,11,17H,1,5,10,12H2,2-3H3. The number of para-hydroxylation sites is 1. The molecule has 100 valence electrons. The Morgan fingerprint density at radius 1 is 1.37 bits per heavy atom. The van der Waals surface area contributed by atoms with Crippen LogP contribution in [0.3, 0.4) is 0 Å². The molecule has 1 aromatic carbocycles. The van der Waals surface area contributed by atoms with Crippen molar-refractivity contribution < 1.29 is 0 Å². The third kappa shape index (κ3) is 2.93. The molecular formula is C16H21N3. The van der Waals surface area contributed by atoms with Gasteiger partial charge in [-0.15, -0.1) is 6.58 Å². The van der Waals surface area contributed by atoms with Crippen LogP contribution in [-0.4, -0.2) is 25.1 Å². The van der Waals surface area contributed by atoms with E-state index in [1.54, 1.807) is 0 Å². The molecule has 2 rings (SSSR count). The summed E-state index contributed by atoms with van der Waals surface area (Å²) < 4.78 is 0. The molecule has 0 spiro atoms. The SMILES string of the molecule is C=CCN(CC)c1cc(CNC)c2ccccc2n1. The molecule has 0 saturated carbocycles. The van der Waals surface area contributed by atoms with Crippen molar-refractivity contribution in [1.82, 2.24) is 10.3 Å². The van der Waals surface area contributed by atoms with Gasteiger partial charge in [0.15, 0.2) is 0 Å². The topological polar surface area (TPSA) is 28.2 Å². The third-order valence-corrected chi connectivity index (χ3v) is 3.21. The van der Waals surface area contributed by atoms with E-state index in [0.717, 1.165) is 31.0 Å². The lowest BCUT2D eigenvalue weighted by molar-refractivity contribution is 0.818. The average Bonchev–Trinajstić information content (AvgIpc) is 2.45. The highest BCUT2D eigenvalue weighted by molar-refractivity contribution is 5.84. The van der Waals surface area contributed by atoms with Crippen LogP contribution in [-0.2, 0) is 6.54 Å². The highest BCUT2D eigenvalue weighted by Gasteiger charge is 2.09. The first-order valence-electron chi connectivity index (χ1n) is 6.69. The Balaban J connectivity index is 2.53. The molecule has 0 radical (unpaired) electrons. The van der Waals surface area contributed by atoms with Gasteiger partial charge in [0.1, 0.15) is 5.82 Å². The smallest absolute Gasteiger partial charge is 0.129 e. The van der Waals surface area contributed by atoms with Crippen LogP contribution in [0.5, 0.6) is 0 Å². The maximum atomic E-state index is 4.76. The molecule has 3 heteroatoms. The molecular weight excluding hydrogens is 234 g/mol. The quantitative estimate of drug-likeness (QED) is 0.804. The summed E-state index contributed by atoms with van der Waals surface area (Å²) in [6.07, 6.45) is 1.91. The van der Waals surface area contributed by atoms with Crippen molar-refractivity contribution in [2.24, 2.45) is 0 Å². The van der Waals surface area contributed by atoms with Crippen molar-refractivity contribution in [2.75, 3.05) is 25.0 Å². The number of likely N-dealkylation sites (N-methyl/N-ethyl adjacent to an activating group) is 1. The Kier molecular flexibility index (Phi) is 4.53. The van der Waals surface area contributed by atoms with Crippen molar-refractivity contribution in [3.63, 3.8) is 0 Å². The van der Waals surface area contributed by atoms with E-state index >= 15 is 0 Å². The molecule has 0 aliphatic carbocycles. The second kappa shape index (κ2) is 6.34. The molecule has 1 aromatic heterocycles. The van der Waals surface area contributed by atoms with Gasteiger partial charge in [0, 0.05) is 25.0 Å². The van der Waals surface area contributed by atoms with E-state index in [-0.39, 0.29) is 0 Å². The first-order chi connectivity index (χ1) is 9.30. The molecule has 0 fully saturated rings. The number of nitrogens with one attached hydrogen (secondary N) is 1. The van der Waals surface area contributed by atoms with Crippen LogP contribution in [0.2, 0.25) is 0 Å². The van der Waals surface area contributed by atoms with Crippen molar-refractivity contribution in [2.45, 2.75) is 13.5 Å². The minimum Gasteiger partial charge on any atom is -0.353 e. The highest BCUT2D eigenvalue weighted by Crippen LogP contribution is 2.22. The van der Waals surface area contributed by atoms with Gasteiger partial charge < -0.3 is 10.2 Å². The first-order valence-corrected chi connectivity index (χ1v) is 6.69. The van der Waals surface area contributed by atoms with Crippen LogP contribution in [0, 0.1) is 0 Å². The maximum Gasteiger partial charge on any atom is 0.129 e. The molecule has 1 heterocycles. The van der Waals surface area contributed by atoms with Crippen LogP contribution < -0.4 is 10.2 Å². The number of fused-ring (bicyclic) bond motifs is 1. The summed E-state index contributed by atoms with van der Waals surface area (Å²) >= 11 is 0. The van der Waals surface area contributed by atoms with Gasteiger partial charge in [-0.25, -0.2) is 4.98 Å². The number of rotatable bonds is 6. The van der Waals surface area contributed by atoms with E-state index in [4.69, 9.17) is 4.98 Å². The number of hydrogen-bond acceptors (Lipinski definition) is 3. The van der Waals surface area contributed by atoms with E-state index in [9.17, 15) is 0 Å². The number of hydrogen-bond donors (Lipinski definition) is 1. The van der Waals surface area contributed by atoms with Gasteiger partial charge in [-0.05, 0) is 31.7 Å². The number of benzene rings is 1. The van der Waals surface area contributed by atoms with E-state index in [2.05, 4.69) is 48.0 Å². The Morgan fingerprint density at radius 2 is 2.16 bits per heavy atom. The second-order valence-electron chi connectivity index (χ2n) is 4.51. The Labute approximate surface area is 115 Å². The van der Waals surface area contributed by atoms with Crippen LogP contribution >= 0.6 is 0 Å². The Morgan fingerprint density at radius 3 is 2.84 bits per heavy atom. The first kappa shape index (κ1) is 13.6. The van der Waals surface area contributed by atoms with Gasteiger partial charge in [0.25, 0.3) is 0 Å². The summed E-state index contributed by atoms with van der Waals surface area (Å²) in [6.45, 7) is 8.55. The number of pyridine rings is 1. The lowest BCUT2D eigenvalue weighted by atomic mass is 10.1. The van der Waals surface area contributed by atoms with Crippen LogP contribution in [0.15, 0.2) is 43.0 Å². The largest absolute Gasteiger partial charge is 0.353 e. The van der Waals surface area contributed by atoms with Crippen LogP contribution in [0.25, 0.3) is 10.9 Å². The van der Waals surface area contributed by atoms with E-state index in [1.165, 1.54) is 10.9 Å². The fourth-order valence-electron chi connectivity index (χ4n) is 2.27. The number of aromatic nitrogens is 1. The van der Waals surface area contributed by atoms with Gasteiger partial charge in [-0.3, -0.25) is 0 Å². The summed E-state index contributed by atoms with van der Waals surface area (Å²) in [5.41, 5.74) is 2.33. The molecule has 0 saturated heterocycles. The number of nitrogens with zero attached hydrogens (tertiary/aromatic N) is 2. The van der Waals surface area contributed by atoms with Crippen molar-refractivity contribution >= 4 is 16.7 Å². The normalized spacial score (nSPS) is 10.6. The molecule has 0 aliphatic heterocycles. The van der Waals surface area contributed by atoms with Crippen molar-refractivity contribution in [3.05, 3.63) is 48.6 Å². The number of anilines is 1. The van der Waals surface area contributed by atoms with Crippen LogP contribution in [0.1, 0.15) is 12.5 Å². The zero-order valence-corrected chi connectivity index (χ0v) is 11.7. The van der Waals surface area contributed by atoms with Crippen molar-refractivity contribution in [1.29, 1.82) is 0 Å². The van der Waals surface area contributed by atoms with Gasteiger partial charge in [0.2, 0.25) is 0 Å². The van der Waals surface area contributed by atoms with E-state index < -0.39 is 0 Å².